The highest BCUT2D eigenvalue weighted by molar-refractivity contribution is 6.30. The number of nitrogens with zero attached hydrogens (tertiary/aromatic N) is 2. The number of aromatic nitrogens is 2. The second-order valence-corrected chi connectivity index (χ2v) is 5.45. The van der Waals surface area contributed by atoms with Gasteiger partial charge in [-0.1, -0.05) is 42.8 Å². The minimum atomic E-state index is 0.305. The highest BCUT2D eigenvalue weighted by atomic mass is 35.5. The summed E-state index contributed by atoms with van der Waals surface area (Å²) in [5.74, 6) is 1.19. The van der Waals surface area contributed by atoms with Crippen molar-refractivity contribution in [1.82, 2.24) is 9.97 Å². The van der Waals surface area contributed by atoms with Crippen molar-refractivity contribution in [3.05, 3.63) is 57.6 Å². The fraction of sp³-hybridized carbons (Fsp3) is 0.375. The van der Waals surface area contributed by atoms with Crippen molar-refractivity contribution in [3.63, 3.8) is 0 Å². The highest BCUT2D eigenvalue weighted by Gasteiger charge is 2.26. The van der Waals surface area contributed by atoms with Crippen LogP contribution in [0.2, 0.25) is 5.15 Å². The van der Waals surface area contributed by atoms with E-state index in [-0.39, 0.29) is 0 Å². The Hall–Kier alpha value is -1.41. The first-order chi connectivity index (χ1) is 9.20. The van der Waals surface area contributed by atoms with E-state index in [0.717, 1.165) is 36.3 Å². The zero-order chi connectivity index (χ0) is 13.4. The molecule has 98 valence electrons. The number of aryl methyl sites for hydroxylation is 2. The lowest BCUT2D eigenvalue weighted by molar-refractivity contribution is 0.716. The second-order valence-electron chi connectivity index (χ2n) is 5.09. The van der Waals surface area contributed by atoms with Gasteiger partial charge in [0.25, 0.3) is 0 Å². The summed E-state index contributed by atoms with van der Waals surface area (Å²) < 4.78 is 0. The molecule has 0 radical (unpaired) electrons. The zero-order valence-electron chi connectivity index (χ0n) is 11.3. The molecule has 3 rings (SSSR count). The third-order valence-electron chi connectivity index (χ3n) is 3.98. The average Bonchev–Trinajstić information content (AvgIpc) is 2.85. The lowest BCUT2D eigenvalue weighted by Crippen LogP contribution is -2.07. The van der Waals surface area contributed by atoms with Crippen molar-refractivity contribution in [2.24, 2.45) is 0 Å². The van der Waals surface area contributed by atoms with E-state index in [9.17, 15) is 0 Å². The van der Waals surface area contributed by atoms with Crippen LogP contribution in [-0.4, -0.2) is 9.97 Å². The van der Waals surface area contributed by atoms with E-state index in [1.807, 2.05) is 6.92 Å². The van der Waals surface area contributed by atoms with Crippen LogP contribution < -0.4 is 0 Å². The summed E-state index contributed by atoms with van der Waals surface area (Å²) in [4.78, 5) is 9.25. The molecule has 1 aromatic carbocycles. The predicted molar refractivity (Wildman–Crippen MR) is 77.8 cm³/mol. The molecule has 0 N–H and O–H groups in total. The predicted octanol–water partition coefficient (Wildman–Crippen LogP) is 4.08. The summed E-state index contributed by atoms with van der Waals surface area (Å²) in [5, 5.41) is 0.603. The van der Waals surface area contributed by atoms with E-state index in [4.69, 9.17) is 16.6 Å². The van der Waals surface area contributed by atoms with Crippen LogP contribution in [0.25, 0.3) is 0 Å². The quantitative estimate of drug-likeness (QED) is 0.770. The van der Waals surface area contributed by atoms with Crippen molar-refractivity contribution in [2.45, 2.75) is 39.0 Å². The van der Waals surface area contributed by atoms with E-state index in [2.05, 4.69) is 36.2 Å². The van der Waals surface area contributed by atoms with Crippen LogP contribution in [0.1, 0.15) is 47.5 Å². The van der Waals surface area contributed by atoms with Crippen molar-refractivity contribution >= 4 is 11.6 Å². The molecule has 0 saturated carbocycles. The molecular weight excluding hydrogens is 256 g/mol. The van der Waals surface area contributed by atoms with Gasteiger partial charge in [0.05, 0.1) is 0 Å². The van der Waals surface area contributed by atoms with E-state index in [1.165, 1.54) is 11.1 Å². The van der Waals surface area contributed by atoms with Crippen molar-refractivity contribution < 1.29 is 0 Å². The molecule has 0 aliphatic heterocycles. The molecule has 1 aliphatic carbocycles. The number of hydrogen-bond acceptors (Lipinski definition) is 2. The molecule has 2 aromatic rings. The van der Waals surface area contributed by atoms with Crippen LogP contribution in [-0.2, 0) is 12.8 Å². The summed E-state index contributed by atoms with van der Waals surface area (Å²) in [5.41, 5.74) is 4.87. The Morgan fingerprint density at radius 3 is 2.84 bits per heavy atom. The van der Waals surface area contributed by atoms with E-state index < -0.39 is 0 Å². The zero-order valence-corrected chi connectivity index (χ0v) is 12.0. The van der Waals surface area contributed by atoms with E-state index in [0.29, 0.717) is 11.1 Å². The molecule has 1 aromatic heterocycles. The first kappa shape index (κ1) is 12.6. The maximum atomic E-state index is 6.25. The van der Waals surface area contributed by atoms with Crippen LogP contribution in [0.15, 0.2) is 24.3 Å². The minimum absolute atomic E-state index is 0.305. The molecule has 0 saturated heterocycles. The fourth-order valence-corrected chi connectivity index (χ4v) is 3.07. The van der Waals surface area contributed by atoms with Gasteiger partial charge in [-0.05, 0) is 37.3 Å². The Morgan fingerprint density at radius 1 is 1.26 bits per heavy atom. The highest BCUT2D eigenvalue weighted by Crippen LogP contribution is 2.37. The summed E-state index contributed by atoms with van der Waals surface area (Å²) in [6.07, 6.45) is 3.09. The van der Waals surface area contributed by atoms with Gasteiger partial charge >= 0.3 is 0 Å². The molecule has 0 fully saturated rings. The van der Waals surface area contributed by atoms with Gasteiger partial charge in [-0.15, -0.1) is 0 Å². The van der Waals surface area contributed by atoms with Crippen LogP contribution >= 0.6 is 11.6 Å². The SMILES string of the molecule is CCc1nc(C2CCc3ccccc32)nc(Cl)c1C. The summed E-state index contributed by atoms with van der Waals surface area (Å²) in [6, 6.07) is 8.58. The van der Waals surface area contributed by atoms with Gasteiger partial charge < -0.3 is 0 Å². The van der Waals surface area contributed by atoms with Crippen molar-refractivity contribution in [2.75, 3.05) is 0 Å². The number of benzene rings is 1. The van der Waals surface area contributed by atoms with Crippen molar-refractivity contribution in [1.29, 1.82) is 0 Å². The van der Waals surface area contributed by atoms with Gasteiger partial charge in [0.15, 0.2) is 0 Å². The Kier molecular flexibility index (Phi) is 3.28. The van der Waals surface area contributed by atoms with Crippen LogP contribution in [0.5, 0.6) is 0 Å². The number of rotatable bonds is 2. The number of fused-ring (bicyclic) bond motifs is 1. The van der Waals surface area contributed by atoms with Crippen LogP contribution in [0, 0.1) is 6.92 Å². The third kappa shape index (κ3) is 2.14. The minimum Gasteiger partial charge on any atom is -0.237 e. The van der Waals surface area contributed by atoms with Crippen LogP contribution in [0.4, 0.5) is 0 Å². The van der Waals surface area contributed by atoms with Gasteiger partial charge in [0.1, 0.15) is 11.0 Å². The molecule has 0 amide bonds. The Balaban J connectivity index is 2.07. The largest absolute Gasteiger partial charge is 0.237 e. The first-order valence-electron chi connectivity index (χ1n) is 6.81. The summed E-state index contributed by atoms with van der Waals surface area (Å²) >= 11 is 6.25. The smallest absolute Gasteiger partial charge is 0.137 e. The average molecular weight is 273 g/mol. The van der Waals surface area contributed by atoms with Gasteiger partial charge in [0.2, 0.25) is 0 Å². The molecule has 3 heteroatoms. The molecule has 1 heterocycles. The lowest BCUT2D eigenvalue weighted by Gasteiger charge is -2.13. The maximum absolute atomic E-state index is 6.25. The van der Waals surface area contributed by atoms with Crippen molar-refractivity contribution in [3.8, 4) is 0 Å². The Morgan fingerprint density at radius 2 is 2.05 bits per heavy atom. The fourth-order valence-electron chi connectivity index (χ4n) is 2.88. The maximum Gasteiger partial charge on any atom is 0.137 e. The third-order valence-corrected chi connectivity index (χ3v) is 4.35. The molecule has 0 spiro atoms. The van der Waals surface area contributed by atoms with Gasteiger partial charge in [-0.2, -0.15) is 0 Å². The Bertz CT molecular complexity index is 622. The molecular formula is C16H17ClN2. The molecule has 1 aliphatic rings. The van der Waals surface area contributed by atoms with E-state index in [1.54, 1.807) is 0 Å². The van der Waals surface area contributed by atoms with Gasteiger partial charge in [0, 0.05) is 17.2 Å². The number of hydrogen-bond donors (Lipinski definition) is 0. The van der Waals surface area contributed by atoms with Gasteiger partial charge in [-0.3, -0.25) is 0 Å². The standard InChI is InChI=1S/C16H17ClN2/c1-3-14-10(2)15(17)19-16(18-14)13-9-8-11-6-4-5-7-12(11)13/h4-7,13H,3,8-9H2,1-2H3. The monoisotopic (exact) mass is 272 g/mol. The first-order valence-corrected chi connectivity index (χ1v) is 7.19. The lowest BCUT2D eigenvalue weighted by atomic mass is 10.00. The normalized spacial score (nSPS) is 17.5. The summed E-state index contributed by atoms with van der Waals surface area (Å²) in [7, 11) is 0. The Labute approximate surface area is 118 Å². The molecule has 19 heavy (non-hydrogen) atoms. The summed E-state index contributed by atoms with van der Waals surface area (Å²) in [6.45, 7) is 4.10. The molecule has 1 atom stereocenters. The topological polar surface area (TPSA) is 25.8 Å². The molecule has 1 unspecified atom stereocenters. The number of halogens is 1. The van der Waals surface area contributed by atoms with Gasteiger partial charge in [-0.25, -0.2) is 9.97 Å². The van der Waals surface area contributed by atoms with Crippen LogP contribution in [0.3, 0.4) is 0 Å². The second kappa shape index (κ2) is 4.93. The molecule has 2 nitrogen and oxygen atoms in total. The van der Waals surface area contributed by atoms with E-state index >= 15 is 0 Å². The molecule has 0 bridgehead atoms.